The number of aliphatic hydroxyl groups excluding tert-OH is 2. The first kappa shape index (κ1) is 16.9. The highest BCUT2D eigenvalue weighted by molar-refractivity contribution is 4.59. The molecular formula is C15H32O2. The fourth-order valence-electron chi connectivity index (χ4n) is 2.04. The maximum atomic E-state index is 9.63. The molecule has 0 aromatic rings. The van der Waals surface area contributed by atoms with Crippen molar-refractivity contribution in [2.45, 2.75) is 84.2 Å². The van der Waals surface area contributed by atoms with Crippen LogP contribution in [-0.4, -0.2) is 22.9 Å². The molecule has 0 aromatic carbocycles. The average molecular weight is 244 g/mol. The molecule has 2 nitrogen and oxygen atoms in total. The van der Waals surface area contributed by atoms with Gasteiger partial charge in [-0.25, -0.2) is 0 Å². The highest BCUT2D eigenvalue weighted by atomic mass is 16.3. The van der Waals surface area contributed by atoms with Gasteiger partial charge in [0.05, 0.1) is 6.10 Å². The van der Waals surface area contributed by atoms with Crippen molar-refractivity contribution in [1.82, 2.24) is 0 Å². The monoisotopic (exact) mass is 244 g/mol. The average Bonchev–Trinajstić information content (AvgIpc) is 2.31. The summed E-state index contributed by atoms with van der Waals surface area (Å²) in [7, 11) is 0. The Morgan fingerprint density at radius 1 is 0.706 bits per heavy atom. The van der Waals surface area contributed by atoms with Crippen molar-refractivity contribution < 1.29 is 10.2 Å². The lowest BCUT2D eigenvalue weighted by Gasteiger charge is -2.13. The number of hydrogen-bond acceptors (Lipinski definition) is 2. The largest absolute Gasteiger partial charge is 0.396 e. The van der Waals surface area contributed by atoms with Crippen LogP contribution in [0.3, 0.4) is 0 Å². The second-order valence-electron chi connectivity index (χ2n) is 5.51. The lowest BCUT2D eigenvalue weighted by Crippen LogP contribution is -2.13. The molecule has 0 spiro atoms. The summed E-state index contributed by atoms with van der Waals surface area (Å²) in [5.41, 5.74) is 0. The highest BCUT2D eigenvalue weighted by Gasteiger charge is 2.07. The molecule has 0 fully saturated rings. The predicted molar refractivity (Wildman–Crippen MR) is 74.1 cm³/mol. The van der Waals surface area contributed by atoms with Crippen molar-refractivity contribution in [3.8, 4) is 0 Å². The molecule has 0 radical (unpaired) electrons. The maximum absolute atomic E-state index is 9.63. The van der Waals surface area contributed by atoms with Crippen LogP contribution >= 0.6 is 0 Å². The van der Waals surface area contributed by atoms with E-state index in [0.717, 1.165) is 12.8 Å². The first-order chi connectivity index (χ1) is 8.18. The number of unbranched alkanes of at least 4 members (excludes halogenated alkanes) is 8. The molecule has 2 N–H and O–H groups in total. The lowest BCUT2D eigenvalue weighted by molar-refractivity contribution is 0.113. The second-order valence-corrected chi connectivity index (χ2v) is 5.51. The Morgan fingerprint density at radius 3 is 1.53 bits per heavy atom. The van der Waals surface area contributed by atoms with Crippen LogP contribution in [-0.2, 0) is 0 Å². The van der Waals surface area contributed by atoms with Crippen molar-refractivity contribution in [2.75, 3.05) is 6.61 Å². The standard InChI is InChI=1S/C15H32O2/c1-14(2)15(17)12-10-8-6-4-3-5-7-9-11-13-16/h14-17H,3-13H2,1-2H3. The first-order valence-electron chi connectivity index (χ1n) is 7.47. The van der Waals surface area contributed by atoms with Crippen LogP contribution in [0.15, 0.2) is 0 Å². The third-order valence-corrected chi connectivity index (χ3v) is 3.43. The van der Waals surface area contributed by atoms with Crippen molar-refractivity contribution in [3.05, 3.63) is 0 Å². The van der Waals surface area contributed by atoms with Crippen LogP contribution in [0.25, 0.3) is 0 Å². The predicted octanol–water partition coefficient (Wildman–Crippen LogP) is 3.90. The van der Waals surface area contributed by atoms with Gasteiger partial charge in [0.15, 0.2) is 0 Å². The molecule has 0 bridgehead atoms. The zero-order valence-electron chi connectivity index (χ0n) is 11.8. The van der Waals surface area contributed by atoms with Gasteiger partial charge in [-0.1, -0.05) is 65.2 Å². The van der Waals surface area contributed by atoms with Crippen LogP contribution in [0.2, 0.25) is 0 Å². The van der Waals surface area contributed by atoms with Crippen LogP contribution < -0.4 is 0 Å². The van der Waals surface area contributed by atoms with E-state index in [-0.39, 0.29) is 6.10 Å². The Balaban J connectivity index is 3.03. The topological polar surface area (TPSA) is 40.5 Å². The van der Waals surface area contributed by atoms with Crippen molar-refractivity contribution >= 4 is 0 Å². The Labute approximate surface area is 107 Å². The Kier molecular flexibility index (Phi) is 12.3. The molecule has 0 aliphatic heterocycles. The normalized spacial score (nSPS) is 13.2. The highest BCUT2D eigenvalue weighted by Crippen LogP contribution is 2.13. The smallest absolute Gasteiger partial charge is 0.0563 e. The first-order valence-corrected chi connectivity index (χ1v) is 7.47. The molecule has 0 aliphatic carbocycles. The fraction of sp³-hybridized carbons (Fsp3) is 1.00. The number of hydrogen-bond donors (Lipinski definition) is 2. The summed E-state index contributed by atoms with van der Waals surface area (Å²) in [6.45, 7) is 4.51. The molecule has 0 heterocycles. The summed E-state index contributed by atoms with van der Waals surface area (Å²) in [6.07, 6.45) is 12.0. The van der Waals surface area contributed by atoms with Crippen LogP contribution in [0.5, 0.6) is 0 Å². The summed E-state index contributed by atoms with van der Waals surface area (Å²) in [5, 5.41) is 18.3. The van der Waals surface area contributed by atoms with E-state index in [4.69, 9.17) is 5.11 Å². The fourth-order valence-corrected chi connectivity index (χ4v) is 2.04. The van der Waals surface area contributed by atoms with Gasteiger partial charge in [0.1, 0.15) is 0 Å². The molecule has 2 heteroatoms. The zero-order chi connectivity index (χ0) is 12.9. The van der Waals surface area contributed by atoms with Gasteiger partial charge in [0.25, 0.3) is 0 Å². The minimum absolute atomic E-state index is 0.103. The Hall–Kier alpha value is -0.0800. The van der Waals surface area contributed by atoms with Crippen LogP contribution in [0, 0.1) is 5.92 Å². The van der Waals surface area contributed by atoms with Crippen LogP contribution in [0.4, 0.5) is 0 Å². The molecule has 1 unspecified atom stereocenters. The molecule has 0 saturated carbocycles. The molecule has 0 aromatic heterocycles. The molecule has 1 atom stereocenters. The van der Waals surface area contributed by atoms with E-state index in [0.29, 0.717) is 12.5 Å². The second kappa shape index (κ2) is 12.4. The maximum Gasteiger partial charge on any atom is 0.0563 e. The van der Waals surface area contributed by atoms with E-state index in [1.54, 1.807) is 0 Å². The molecule has 0 amide bonds. The third-order valence-electron chi connectivity index (χ3n) is 3.43. The molecule has 0 aliphatic rings. The van der Waals surface area contributed by atoms with Crippen LogP contribution in [0.1, 0.15) is 78.1 Å². The molecule has 0 rings (SSSR count). The Morgan fingerprint density at radius 2 is 1.12 bits per heavy atom. The molecule has 0 saturated heterocycles. The van der Waals surface area contributed by atoms with Gasteiger partial charge in [-0.15, -0.1) is 0 Å². The summed E-state index contributed by atoms with van der Waals surface area (Å²) in [5.74, 6) is 0.404. The van der Waals surface area contributed by atoms with E-state index < -0.39 is 0 Å². The van der Waals surface area contributed by atoms with E-state index in [2.05, 4.69) is 13.8 Å². The van der Waals surface area contributed by atoms with Gasteiger partial charge in [0.2, 0.25) is 0 Å². The summed E-state index contributed by atoms with van der Waals surface area (Å²) in [4.78, 5) is 0. The van der Waals surface area contributed by atoms with Crippen molar-refractivity contribution in [1.29, 1.82) is 0 Å². The number of rotatable bonds is 12. The number of aliphatic hydroxyl groups is 2. The molecular weight excluding hydrogens is 212 g/mol. The van der Waals surface area contributed by atoms with Gasteiger partial charge in [-0.05, 0) is 18.8 Å². The van der Waals surface area contributed by atoms with E-state index in [1.165, 1.54) is 51.4 Å². The summed E-state index contributed by atoms with van der Waals surface area (Å²) >= 11 is 0. The van der Waals surface area contributed by atoms with Gasteiger partial charge < -0.3 is 10.2 Å². The quantitative estimate of drug-likeness (QED) is 0.511. The molecule has 17 heavy (non-hydrogen) atoms. The van der Waals surface area contributed by atoms with Gasteiger partial charge in [-0.2, -0.15) is 0 Å². The third kappa shape index (κ3) is 12.2. The van der Waals surface area contributed by atoms with Crippen molar-refractivity contribution in [3.63, 3.8) is 0 Å². The minimum Gasteiger partial charge on any atom is -0.396 e. The summed E-state index contributed by atoms with van der Waals surface area (Å²) < 4.78 is 0. The minimum atomic E-state index is -0.103. The van der Waals surface area contributed by atoms with Crippen molar-refractivity contribution in [2.24, 2.45) is 5.92 Å². The van der Waals surface area contributed by atoms with Gasteiger partial charge in [0, 0.05) is 6.61 Å². The summed E-state index contributed by atoms with van der Waals surface area (Å²) in [6, 6.07) is 0. The zero-order valence-corrected chi connectivity index (χ0v) is 11.8. The van der Waals surface area contributed by atoms with E-state index >= 15 is 0 Å². The Bertz CT molecular complexity index is 146. The van der Waals surface area contributed by atoms with Gasteiger partial charge >= 0.3 is 0 Å². The molecule has 104 valence electrons. The lowest BCUT2D eigenvalue weighted by atomic mass is 10.00. The van der Waals surface area contributed by atoms with E-state index in [1.807, 2.05) is 0 Å². The van der Waals surface area contributed by atoms with E-state index in [9.17, 15) is 5.11 Å². The SMILES string of the molecule is CC(C)C(O)CCCCCCCCCCCO. The van der Waals surface area contributed by atoms with Gasteiger partial charge in [-0.3, -0.25) is 0 Å².